The molecule has 0 amide bonds. The van der Waals surface area contributed by atoms with Crippen LogP contribution >= 0.6 is 22.9 Å². The summed E-state index contributed by atoms with van der Waals surface area (Å²) in [6, 6.07) is 6.28. The van der Waals surface area contributed by atoms with Gasteiger partial charge in [0.15, 0.2) is 0 Å². The molecule has 0 unspecified atom stereocenters. The predicted octanol–water partition coefficient (Wildman–Crippen LogP) is 4.04. The molecule has 2 N–H and O–H groups in total. The van der Waals surface area contributed by atoms with Gasteiger partial charge in [0.2, 0.25) is 5.28 Å². The highest BCUT2D eigenvalue weighted by Crippen LogP contribution is 2.40. The molecule has 0 atom stereocenters. The van der Waals surface area contributed by atoms with Crippen molar-refractivity contribution in [3.8, 4) is 11.1 Å². The summed E-state index contributed by atoms with van der Waals surface area (Å²) in [5.74, 6) is 0.0758. The average Bonchev–Trinajstić information content (AvgIpc) is 2.66. The zero-order valence-electron chi connectivity index (χ0n) is 9.95. The number of thiophene rings is 1. The first kappa shape index (κ1) is 12.3. The first-order valence-corrected chi connectivity index (χ1v) is 6.74. The number of aryl methyl sites for hydroxylation is 1. The van der Waals surface area contributed by atoms with Crippen LogP contribution in [-0.2, 0) is 0 Å². The van der Waals surface area contributed by atoms with Crippen LogP contribution in [0.4, 0.5) is 10.2 Å². The van der Waals surface area contributed by atoms with Crippen LogP contribution in [0.1, 0.15) is 4.88 Å². The van der Waals surface area contributed by atoms with E-state index in [4.69, 9.17) is 17.3 Å². The standard InChI is InChI=1S/C13H9ClFN3S/c1-6-9(7-2-4-8(15)5-3-7)10-11(16)17-13(14)18-12(10)19-6/h2-5H,1H3,(H2,16,17,18). The minimum atomic E-state index is -0.270. The third-order valence-corrected chi connectivity index (χ3v) is 4.03. The third kappa shape index (κ3) is 2.05. The minimum Gasteiger partial charge on any atom is -0.383 e. The van der Waals surface area contributed by atoms with E-state index in [2.05, 4.69) is 9.97 Å². The predicted molar refractivity (Wildman–Crippen MR) is 77.0 cm³/mol. The lowest BCUT2D eigenvalue weighted by atomic mass is 10.0. The van der Waals surface area contributed by atoms with E-state index in [9.17, 15) is 4.39 Å². The average molecular weight is 294 g/mol. The monoisotopic (exact) mass is 293 g/mol. The number of nitrogens with zero attached hydrogens (tertiary/aromatic N) is 2. The number of aromatic nitrogens is 2. The van der Waals surface area contributed by atoms with Gasteiger partial charge in [0.25, 0.3) is 0 Å². The summed E-state index contributed by atoms with van der Waals surface area (Å²) >= 11 is 7.30. The molecule has 0 fully saturated rings. The molecular weight excluding hydrogens is 285 g/mol. The Hall–Kier alpha value is -1.72. The fourth-order valence-corrected chi connectivity index (χ4v) is 3.35. The molecule has 0 saturated carbocycles. The molecule has 0 aliphatic heterocycles. The Balaban J connectivity index is 2.34. The Morgan fingerprint density at radius 1 is 1.21 bits per heavy atom. The van der Waals surface area contributed by atoms with Crippen LogP contribution in [0.15, 0.2) is 24.3 Å². The Morgan fingerprint density at radius 3 is 2.58 bits per heavy atom. The Morgan fingerprint density at radius 2 is 1.89 bits per heavy atom. The molecule has 3 aromatic rings. The second-order valence-electron chi connectivity index (χ2n) is 4.10. The second kappa shape index (κ2) is 4.43. The highest BCUT2D eigenvalue weighted by Gasteiger charge is 2.16. The number of hydrogen-bond acceptors (Lipinski definition) is 4. The normalized spacial score (nSPS) is 11.1. The number of anilines is 1. The molecule has 19 heavy (non-hydrogen) atoms. The van der Waals surface area contributed by atoms with Crippen molar-refractivity contribution in [1.29, 1.82) is 0 Å². The molecule has 0 bridgehead atoms. The molecule has 3 nitrogen and oxygen atoms in total. The summed E-state index contributed by atoms with van der Waals surface area (Å²) in [4.78, 5) is 9.95. The van der Waals surface area contributed by atoms with Crippen LogP contribution in [0.3, 0.4) is 0 Å². The summed E-state index contributed by atoms with van der Waals surface area (Å²) in [5, 5.41) is 0.912. The molecule has 6 heteroatoms. The van der Waals surface area contributed by atoms with Gasteiger partial charge in [-0.15, -0.1) is 11.3 Å². The smallest absolute Gasteiger partial charge is 0.225 e. The minimum absolute atomic E-state index is 0.136. The second-order valence-corrected chi connectivity index (χ2v) is 5.64. The van der Waals surface area contributed by atoms with Gasteiger partial charge in [0, 0.05) is 10.4 Å². The number of fused-ring (bicyclic) bond motifs is 1. The quantitative estimate of drug-likeness (QED) is 0.689. The van der Waals surface area contributed by atoms with Crippen LogP contribution in [0.5, 0.6) is 0 Å². The van der Waals surface area contributed by atoms with E-state index >= 15 is 0 Å². The van der Waals surface area contributed by atoms with Crippen LogP contribution in [-0.4, -0.2) is 9.97 Å². The van der Waals surface area contributed by atoms with Crippen LogP contribution in [0, 0.1) is 12.7 Å². The van der Waals surface area contributed by atoms with Crippen molar-refractivity contribution in [3.05, 3.63) is 40.2 Å². The van der Waals surface area contributed by atoms with Gasteiger partial charge in [-0.3, -0.25) is 0 Å². The number of nitrogen functional groups attached to an aromatic ring is 1. The maximum atomic E-state index is 13.0. The van der Waals surface area contributed by atoms with Crippen LogP contribution in [0.2, 0.25) is 5.28 Å². The van der Waals surface area contributed by atoms with Crippen LogP contribution in [0.25, 0.3) is 21.3 Å². The Kier molecular flexibility index (Phi) is 2.88. The zero-order chi connectivity index (χ0) is 13.6. The summed E-state index contributed by atoms with van der Waals surface area (Å²) in [5.41, 5.74) is 7.77. The summed E-state index contributed by atoms with van der Waals surface area (Å²) in [6.45, 7) is 1.97. The molecule has 0 radical (unpaired) electrons. The molecule has 0 saturated heterocycles. The fraction of sp³-hybridized carbons (Fsp3) is 0.0769. The highest BCUT2D eigenvalue weighted by atomic mass is 35.5. The number of hydrogen-bond donors (Lipinski definition) is 1. The number of rotatable bonds is 1. The molecule has 0 aliphatic carbocycles. The van der Waals surface area contributed by atoms with Crippen molar-refractivity contribution in [1.82, 2.24) is 9.97 Å². The molecule has 0 aliphatic rings. The van der Waals surface area contributed by atoms with Gasteiger partial charge in [-0.2, -0.15) is 0 Å². The van der Waals surface area contributed by atoms with Gasteiger partial charge < -0.3 is 5.73 Å². The van der Waals surface area contributed by atoms with Crippen molar-refractivity contribution in [2.24, 2.45) is 0 Å². The lowest BCUT2D eigenvalue weighted by Gasteiger charge is -2.03. The SMILES string of the molecule is Cc1sc2nc(Cl)nc(N)c2c1-c1ccc(F)cc1. The van der Waals surface area contributed by atoms with E-state index < -0.39 is 0 Å². The number of halogens is 2. The first-order chi connectivity index (χ1) is 9.06. The molecule has 1 aromatic carbocycles. The Bertz CT molecular complexity index is 768. The van der Waals surface area contributed by atoms with E-state index in [0.29, 0.717) is 5.82 Å². The zero-order valence-corrected chi connectivity index (χ0v) is 11.5. The fourth-order valence-electron chi connectivity index (χ4n) is 2.07. The van der Waals surface area contributed by atoms with Crippen LogP contribution < -0.4 is 5.73 Å². The van der Waals surface area contributed by atoms with Crippen molar-refractivity contribution < 1.29 is 4.39 Å². The number of benzene rings is 1. The van der Waals surface area contributed by atoms with Gasteiger partial charge >= 0.3 is 0 Å². The van der Waals surface area contributed by atoms with Crippen molar-refractivity contribution >= 4 is 39.0 Å². The largest absolute Gasteiger partial charge is 0.383 e. The lowest BCUT2D eigenvalue weighted by molar-refractivity contribution is 0.628. The lowest BCUT2D eigenvalue weighted by Crippen LogP contribution is -1.94. The summed E-state index contributed by atoms with van der Waals surface area (Å²) in [7, 11) is 0. The van der Waals surface area contributed by atoms with Gasteiger partial charge in [0.05, 0.1) is 5.39 Å². The molecule has 3 rings (SSSR count). The molecule has 0 spiro atoms. The summed E-state index contributed by atoms with van der Waals surface area (Å²) < 4.78 is 13.0. The first-order valence-electron chi connectivity index (χ1n) is 5.54. The summed E-state index contributed by atoms with van der Waals surface area (Å²) in [6.07, 6.45) is 0. The topological polar surface area (TPSA) is 51.8 Å². The van der Waals surface area contributed by atoms with Gasteiger partial charge in [-0.05, 0) is 36.2 Å². The molecule has 2 heterocycles. The Labute approximate surface area is 117 Å². The van der Waals surface area contributed by atoms with Crippen molar-refractivity contribution in [2.75, 3.05) is 5.73 Å². The highest BCUT2D eigenvalue weighted by molar-refractivity contribution is 7.19. The maximum absolute atomic E-state index is 13.0. The van der Waals surface area contributed by atoms with E-state index in [1.165, 1.54) is 23.5 Å². The molecule has 2 aromatic heterocycles. The van der Waals surface area contributed by atoms with Crippen molar-refractivity contribution in [3.63, 3.8) is 0 Å². The van der Waals surface area contributed by atoms with Gasteiger partial charge in [0.1, 0.15) is 16.5 Å². The molecule has 96 valence electrons. The maximum Gasteiger partial charge on any atom is 0.225 e. The van der Waals surface area contributed by atoms with E-state index in [0.717, 1.165) is 26.2 Å². The van der Waals surface area contributed by atoms with E-state index in [1.54, 1.807) is 12.1 Å². The van der Waals surface area contributed by atoms with E-state index in [-0.39, 0.29) is 11.1 Å². The molecular formula is C13H9ClFN3S. The third-order valence-electron chi connectivity index (χ3n) is 2.86. The van der Waals surface area contributed by atoms with E-state index in [1.807, 2.05) is 6.92 Å². The van der Waals surface area contributed by atoms with Gasteiger partial charge in [-0.25, -0.2) is 14.4 Å². The van der Waals surface area contributed by atoms with Gasteiger partial charge in [-0.1, -0.05) is 12.1 Å². The number of nitrogens with two attached hydrogens (primary N) is 1. The van der Waals surface area contributed by atoms with Crippen molar-refractivity contribution in [2.45, 2.75) is 6.92 Å².